The van der Waals surface area contributed by atoms with Gasteiger partial charge in [0, 0.05) is 17.8 Å². The van der Waals surface area contributed by atoms with Gasteiger partial charge in [-0.05, 0) is 74.6 Å². The van der Waals surface area contributed by atoms with E-state index in [-0.39, 0.29) is 6.10 Å². The van der Waals surface area contributed by atoms with Gasteiger partial charge in [-0.1, -0.05) is 11.6 Å². The van der Waals surface area contributed by atoms with Crippen LogP contribution in [0.2, 0.25) is 5.02 Å². The third kappa shape index (κ3) is 3.71. The highest BCUT2D eigenvalue weighted by atomic mass is 35.5. The van der Waals surface area contributed by atoms with E-state index in [0.717, 1.165) is 48.2 Å². The lowest BCUT2D eigenvalue weighted by atomic mass is 9.84. The standard InChI is InChI=1S/C18H23ClN2O/c19-17-10-15-12-21-9-7-14(15)11-18(17)22-16-5-3-13(4-6-16)2-1-8-20/h7,9-13,16H,1-6,8,20H2. The molecule has 2 N–H and O–H groups in total. The Morgan fingerprint density at radius 2 is 2.00 bits per heavy atom. The Kier molecular flexibility index (Phi) is 5.16. The molecule has 1 aromatic carbocycles. The van der Waals surface area contributed by atoms with Crippen LogP contribution < -0.4 is 10.5 Å². The molecule has 1 fully saturated rings. The average molecular weight is 319 g/mol. The van der Waals surface area contributed by atoms with E-state index in [9.17, 15) is 0 Å². The minimum atomic E-state index is 0.283. The summed E-state index contributed by atoms with van der Waals surface area (Å²) in [6, 6.07) is 5.95. The van der Waals surface area contributed by atoms with Crippen molar-refractivity contribution in [3.63, 3.8) is 0 Å². The highest BCUT2D eigenvalue weighted by molar-refractivity contribution is 6.32. The van der Waals surface area contributed by atoms with E-state index in [2.05, 4.69) is 4.98 Å². The second-order valence-electron chi connectivity index (χ2n) is 6.20. The molecule has 0 atom stereocenters. The van der Waals surface area contributed by atoms with Crippen LogP contribution in [0.5, 0.6) is 5.75 Å². The Bertz CT molecular complexity index is 624. The molecule has 1 aromatic heterocycles. The molecule has 0 saturated heterocycles. The first-order valence-electron chi connectivity index (χ1n) is 8.16. The largest absolute Gasteiger partial charge is 0.489 e. The number of hydrogen-bond acceptors (Lipinski definition) is 3. The normalized spacial score (nSPS) is 21.9. The van der Waals surface area contributed by atoms with Gasteiger partial charge < -0.3 is 10.5 Å². The summed E-state index contributed by atoms with van der Waals surface area (Å²) in [6.45, 7) is 0.804. The van der Waals surface area contributed by atoms with Crippen molar-refractivity contribution in [1.82, 2.24) is 4.98 Å². The Balaban J connectivity index is 1.63. The van der Waals surface area contributed by atoms with Gasteiger partial charge in [0.1, 0.15) is 5.75 Å². The molecular weight excluding hydrogens is 296 g/mol. The lowest BCUT2D eigenvalue weighted by Gasteiger charge is -2.29. The number of fused-ring (bicyclic) bond motifs is 1. The molecule has 0 aliphatic heterocycles. The van der Waals surface area contributed by atoms with Crippen molar-refractivity contribution in [2.75, 3.05) is 6.54 Å². The Morgan fingerprint density at radius 3 is 2.77 bits per heavy atom. The maximum Gasteiger partial charge on any atom is 0.138 e. The molecule has 1 saturated carbocycles. The number of nitrogens with zero attached hydrogens (tertiary/aromatic N) is 1. The monoisotopic (exact) mass is 318 g/mol. The highest BCUT2D eigenvalue weighted by Gasteiger charge is 2.22. The molecule has 0 radical (unpaired) electrons. The summed E-state index contributed by atoms with van der Waals surface area (Å²) in [5.41, 5.74) is 5.59. The van der Waals surface area contributed by atoms with Gasteiger partial charge in [-0.15, -0.1) is 0 Å². The van der Waals surface area contributed by atoms with Crippen LogP contribution in [-0.2, 0) is 0 Å². The quantitative estimate of drug-likeness (QED) is 0.878. The van der Waals surface area contributed by atoms with Crippen LogP contribution in [0.15, 0.2) is 30.6 Å². The van der Waals surface area contributed by atoms with Crippen LogP contribution in [0.25, 0.3) is 10.8 Å². The second-order valence-corrected chi connectivity index (χ2v) is 6.60. The van der Waals surface area contributed by atoms with Crippen molar-refractivity contribution >= 4 is 22.4 Å². The molecule has 22 heavy (non-hydrogen) atoms. The number of rotatable bonds is 5. The van der Waals surface area contributed by atoms with Crippen LogP contribution in [0.3, 0.4) is 0 Å². The van der Waals surface area contributed by atoms with Gasteiger partial charge >= 0.3 is 0 Å². The van der Waals surface area contributed by atoms with Gasteiger partial charge in [-0.3, -0.25) is 4.98 Å². The van der Waals surface area contributed by atoms with Gasteiger partial charge in [0.25, 0.3) is 0 Å². The summed E-state index contributed by atoms with van der Waals surface area (Å²) in [6.07, 6.45) is 11.0. The molecule has 0 spiro atoms. The fourth-order valence-corrected chi connectivity index (χ4v) is 3.52. The van der Waals surface area contributed by atoms with Crippen molar-refractivity contribution in [3.05, 3.63) is 35.6 Å². The van der Waals surface area contributed by atoms with Crippen molar-refractivity contribution < 1.29 is 4.74 Å². The zero-order valence-electron chi connectivity index (χ0n) is 12.8. The summed E-state index contributed by atoms with van der Waals surface area (Å²) in [7, 11) is 0. The molecule has 1 aliphatic rings. The van der Waals surface area contributed by atoms with E-state index < -0.39 is 0 Å². The predicted octanol–water partition coefficient (Wildman–Crippen LogP) is 4.56. The minimum absolute atomic E-state index is 0.283. The summed E-state index contributed by atoms with van der Waals surface area (Å²) in [4.78, 5) is 4.12. The van der Waals surface area contributed by atoms with Crippen molar-refractivity contribution in [2.45, 2.75) is 44.6 Å². The lowest BCUT2D eigenvalue weighted by molar-refractivity contribution is 0.128. The topological polar surface area (TPSA) is 48.1 Å². The zero-order valence-corrected chi connectivity index (χ0v) is 13.6. The highest BCUT2D eigenvalue weighted by Crippen LogP contribution is 2.34. The van der Waals surface area contributed by atoms with Gasteiger partial charge in [-0.2, -0.15) is 0 Å². The fraction of sp³-hybridized carbons (Fsp3) is 0.500. The maximum atomic E-state index is 6.35. The number of benzene rings is 1. The molecule has 2 aromatic rings. The van der Waals surface area contributed by atoms with Gasteiger partial charge in [-0.25, -0.2) is 0 Å². The summed E-state index contributed by atoms with van der Waals surface area (Å²) in [5.74, 6) is 1.62. The van der Waals surface area contributed by atoms with Gasteiger partial charge in [0.2, 0.25) is 0 Å². The van der Waals surface area contributed by atoms with Crippen LogP contribution in [-0.4, -0.2) is 17.6 Å². The van der Waals surface area contributed by atoms with Crippen molar-refractivity contribution in [2.24, 2.45) is 11.7 Å². The second kappa shape index (κ2) is 7.30. The van der Waals surface area contributed by atoms with Crippen LogP contribution >= 0.6 is 11.6 Å². The molecular formula is C18H23ClN2O. The zero-order chi connectivity index (χ0) is 15.4. The first-order valence-corrected chi connectivity index (χ1v) is 8.54. The fourth-order valence-electron chi connectivity index (χ4n) is 3.30. The number of hydrogen-bond donors (Lipinski definition) is 1. The SMILES string of the molecule is NCCCC1CCC(Oc2cc3ccncc3cc2Cl)CC1. The summed E-state index contributed by atoms with van der Waals surface area (Å²) >= 11 is 6.35. The van der Waals surface area contributed by atoms with Crippen molar-refractivity contribution in [3.8, 4) is 5.75 Å². The van der Waals surface area contributed by atoms with Crippen LogP contribution in [0.1, 0.15) is 38.5 Å². The molecule has 3 rings (SSSR count). The number of pyridine rings is 1. The smallest absolute Gasteiger partial charge is 0.138 e. The predicted molar refractivity (Wildman–Crippen MR) is 91.4 cm³/mol. The van der Waals surface area contributed by atoms with E-state index in [1.807, 2.05) is 24.4 Å². The number of ether oxygens (including phenoxy) is 1. The Hall–Kier alpha value is -1.32. The van der Waals surface area contributed by atoms with Gasteiger partial charge in [0.05, 0.1) is 11.1 Å². The van der Waals surface area contributed by atoms with E-state index in [0.29, 0.717) is 5.02 Å². The molecule has 4 heteroatoms. The van der Waals surface area contributed by atoms with Crippen LogP contribution in [0.4, 0.5) is 0 Å². The molecule has 0 amide bonds. The first kappa shape index (κ1) is 15.6. The van der Waals surface area contributed by atoms with E-state index in [1.54, 1.807) is 6.20 Å². The molecule has 0 unspecified atom stereocenters. The first-order chi connectivity index (χ1) is 10.8. The van der Waals surface area contributed by atoms with E-state index in [4.69, 9.17) is 22.1 Å². The average Bonchev–Trinajstić information content (AvgIpc) is 2.55. The third-order valence-corrected chi connectivity index (χ3v) is 4.89. The summed E-state index contributed by atoms with van der Waals surface area (Å²) < 4.78 is 6.17. The van der Waals surface area contributed by atoms with E-state index >= 15 is 0 Å². The molecule has 1 aliphatic carbocycles. The lowest BCUT2D eigenvalue weighted by Crippen LogP contribution is -2.24. The van der Waals surface area contributed by atoms with E-state index in [1.165, 1.54) is 19.3 Å². The number of halogens is 1. The Morgan fingerprint density at radius 1 is 1.18 bits per heavy atom. The molecule has 3 nitrogen and oxygen atoms in total. The van der Waals surface area contributed by atoms with Crippen molar-refractivity contribution in [1.29, 1.82) is 0 Å². The third-order valence-electron chi connectivity index (χ3n) is 4.60. The Labute approximate surface area is 136 Å². The van der Waals surface area contributed by atoms with Gasteiger partial charge in [0.15, 0.2) is 0 Å². The molecule has 0 bridgehead atoms. The van der Waals surface area contributed by atoms with Crippen LogP contribution in [0, 0.1) is 5.92 Å². The molecule has 1 heterocycles. The number of nitrogens with two attached hydrogens (primary N) is 1. The molecule has 118 valence electrons. The minimum Gasteiger partial charge on any atom is -0.489 e. The number of aromatic nitrogens is 1. The summed E-state index contributed by atoms with van der Waals surface area (Å²) in [5, 5.41) is 2.84. The maximum absolute atomic E-state index is 6.35.